The summed E-state index contributed by atoms with van der Waals surface area (Å²) in [5.74, 6) is -0.361. The Morgan fingerprint density at radius 2 is 2.00 bits per heavy atom. The van der Waals surface area contributed by atoms with Gasteiger partial charge in [-0.3, -0.25) is 0 Å². The van der Waals surface area contributed by atoms with Crippen molar-refractivity contribution in [3.05, 3.63) is 66.0 Å². The third-order valence-corrected chi connectivity index (χ3v) is 6.98. The SMILES string of the molecule is CC1(S(=O)(=O)n2cc(-c3ncc(F)cn3)c3cccnc32)C=C(Cl)C=CC1. The molecule has 1 aliphatic rings. The number of allylic oxidation sites excluding steroid dienone is 3. The average molecular weight is 405 g/mol. The first-order valence-corrected chi connectivity index (χ1v) is 9.88. The van der Waals surface area contributed by atoms with Crippen LogP contribution >= 0.6 is 11.6 Å². The molecule has 0 saturated carbocycles. The highest BCUT2D eigenvalue weighted by atomic mass is 35.5. The molecule has 0 aromatic carbocycles. The molecule has 0 radical (unpaired) electrons. The topological polar surface area (TPSA) is 77.7 Å². The summed E-state index contributed by atoms with van der Waals surface area (Å²) >= 11 is 6.06. The quantitative estimate of drug-likeness (QED) is 0.665. The lowest BCUT2D eigenvalue weighted by Crippen LogP contribution is -2.38. The summed E-state index contributed by atoms with van der Waals surface area (Å²) in [5.41, 5.74) is 0.701. The van der Waals surface area contributed by atoms with E-state index in [4.69, 9.17) is 11.6 Å². The van der Waals surface area contributed by atoms with Crippen LogP contribution in [0.2, 0.25) is 0 Å². The highest BCUT2D eigenvalue weighted by molar-refractivity contribution is 7.91. The summed E-state index contributed by atoms with van der Waals surface area (Å²) < 4.78 is 40.0. The first kappa shape index (κ1) is 17.8. The molecular formula is C18H14ClFN4O2S. The summed E-state index contributed by atoms with van der Waals surface area (Å²) in [6.45, 7) is 1.61. The molecule has 138 valence electrons. The number of pyridine rings is 1. The Morgan fingerprint density at radius 1 is 1.26 bits per heavy atom. The summed E-state index contributed by atoms with van der Waals surface area (Å²) in [6, 6.07) is 3.41. The van der Waals surface area contributed by atoms with Crippen LogP contribution in [-0.4, -0.2) is 32.1 Å². The maximum absolute atomic E-state index is 13.5. The Kier molecular flexibility index (Phi) is 4.12. The monoisotopic (exact) mass is 404 g/mol. The van der Waals surface area contributed by atoms with E-state index in [0.29, 0.717) is 16.0 Å². The zero-order valence-corrected chi connectivity index (χ0v) is 15.7. The van der Waals surface area contributed by atoms with Crippen molar-refractivity contribution in [2.45, 2.75) is 18.1 Å². The van der Waals surface area contributed by atoms with E-state index in [1.165, 1.54) is 18.5 Å². The van der Waals surface area contributed by atoms with E-state index < -0.39 is 20.6 Å². The van der Waals surface area contributed by atoms with Crippen molar-refractivity contribution >= 4 is 32.7 Å². The van der Waals surface area contributed by atoms with Crippen molar-refractivity contribution in [1.29, 1.82) is 0 Å². The molecule has 0 spiro atoms. The Morgan fingerprint density at radius 3 is 2.70 bits per heavy atom. The molecule has 1 aliphatic carbocycles. The van der Waals surface area contributed by atoms with Crippen LogP contribution in [0.15, 0.2) is 60.2 Å². The van der Waals surface area contributed by atoms with Crippen molar-refractivity contribution in [3.63, 3.8) is 0 Å². The lowest BCUT2D eigenvalue weighted by Gasteiger charge is -2.27. The number of hydrogen-bond acceptors (Lipinski definition) is 5. The van der Waals surface area contributed by atoms with Crippen LogP contribution in [-0.2, 0) is 10.0 Å². The van der Waals surface area contributed by atoms with E-state index in [9.17, 15) is 12.8 Å². The Hall–Kier alpha value is -2.58. The molecule has 27 heavy (non-hydrogen) atoms. The van der Waals surface area contributed by atoms with Crippen molar-refractivity contribution < 1.29 is 12.8 Å². The summed E-state index contributed by atoms with van der Waals surface area (Å²) in [5, 5.41) is 0.913. The number of fused-ring (bicyclic) bond motifs is 1. The van der Waals surface area contributed by atoms with E-state index in [1.807, 2.05) is 0 Å². The molecule has 3 aromatic rings. The number of halogens is 2. The summed E-state index contributed by atoms with van der Waals surface area (Å²) in [7, 11) is -3.90. The highest BCUT2D eigenvalue weighted by Crippen LogP contribution is 2.36. The van der Waals surface area contributed by atoms with Crippen molar-refractivity contribution in [3.8, 4) is 11.4 Å². The third-order valence-electron chi connectivity index (χ3n) is 4.48. The van der Waals surface area contributed by atoms with Gasteiger partial charge in [0.15, 0.2) is 17.3 Å². The van der Waals surface area contributed by atoms with Crippen LogP contribution in [0.25, 0.3) is 22.4 Å². The van der Waals surface area contributed by atoms with Crippen LogP contribution in [0.1, 0.15) is 13.3 Å². The molecule has 3 heterocycles. The number of rotatable bonds is 3. The summed E-state index contributed by atoms with van der Waals surface area (Å²) in [6.07, 6.45) is 10.2. The maximum atomic E-state index is 13.5. The van der Waals surface area contributed by atoms with Gasteiger partial charge in [-0.05, 0) is 37.6 Å². The fourth-order valence-electron chi connectivity index (χ4n) is 3.05. The molecule has 6 nitrogen and oxygen atoms in total. The van der Waals surface area contributed by atoms with Crippen LogP contribution < -0.4 is 0 Å². The largest absolute Gasteiger partial charge is 0.249 e. The predicted octanol–water partition coefficient (Wildman–Crippen LogP) is 3.65. The lowest BCUT2D eigenvalue weighted by atomic mass is 10.0. The molecule has 0 bridgehead atoms. The van der Waals surface area contributed by atoms with Gasteiger partial charge in [0.25, 0.3) is 0 Å². The third kappa shape index (κ3) is 2.85. The summed E-state index contributed by atoms with van der Waals surface area (Å²) in [4.78, 5) is 12.2. The van der Waals surface area contributed by atoms with E-state index in [1.54, 1.807) is 31.2 Å². The fraction of sp³-hybridized carbons (Fsp3) is 0.167. The Labute approximate surface area is 160 Å². The van der Waals surface area contributed by atoms with Crippen LogP contribution in [0, 0.1) is 5.82 Å². The van der Waals surface area contributed by atoms with Gasteiger partial charge in [-0.1, -0.05) is 17.7 Å². The second-order valence-electron chi connectivity index (χ2n) is 6.39. The minimum atomic E-state index is -3.90. The number of nitrogens with zero attached hydrogens (tertiary/aromatic N) is 4. The molecule has 1 unspecified atom stereocenters. The molecule has 0 amide bonds. The Bertz CT molecular complexity index is 1200. The standard InChI is InChI=1S/C18H14ClFN4O2S/c1-18(6-2-4-12(19)8-18)27(25,26)24-11-15(14-5-3-7-21-17(14)24)16-22-9-13(20)10-23-16/h2-5,7-11H,6H2,1H3. The highest BCUT2D eigenvalue weighted by Gasteiger charge is 2.40. The molecule has 0 aliphatic heterocycles. The van der Waals surface area contributed by atoms with Gasteiger partial charge < -0.3 is 0 Å². The molecule has 1 atom stereocenters. The molecule has 3 aromatic heterocycles. The van der Waals surface area contributed by atoms with Gasteiger partial charge in [0, 0.05) is 28.4 Å². The maximum Gasteiger partial charge on any atom is 0.249 e. The second kappa shape index (κ2) is 6.24. The van der Waals surface area contributed by atoms with E-state index in [-0.39, 0.29) is 17.9 Å². The molecule has 4 rings (SSSR count). The lowest BCUT2D eigenvalue weighted by molar-refractivity contribution is 0.554. The van der Waals surface area contributed by atoms with Gasteiger partial charge in [0.1, 0.15) is 4.75 Å². The van der Waals surface area contributed by atoms with E-state index >= 15 is 0 Å². The van der Waals surface area contributed by atoms with E-state index in [0.717, 1.165) is 16.4 Å². The minimum Gasteiger partial charge on any atom is -0.237 e. The van der Waals surface area contributed by atoms with Crippen LogP contribution in [0.4, 0.5) is 4.39 Å². The van der Waals surface area contributed by atoms with Gasteiger partial charge in [-0.25, -0.2) is 31.7 Å². The number of hydrogen-bond donors (Lipinski definition) is 0. The first-order chi connectivity index (χ1) is 12.8. The van der Waals surface area contributed by atoms with Gasteiger partial charge in [0.05, 0.1) is 12.4 Å². The van der Waals surface area contributed by atoms with Gasteiger partial charge >= 0.3 is 0 Å². The zero-order valence-electron chi connectivity index (χ0n) is 14.2. The predicted molar refractivity (Wildman–Crippen MR) is 101 cm³/mol. The molecule has 0 N–H and O–H groups in total. The second-order valence-corrected chi connectivity index (χ2v) is 9.10. The van der Waals surface area contributed by atoms with Crippen LogP contribution in [0.3, 0.4) is 0 Å². The van der Waals surface area contributed by atoms with Crippen molar-refractivity contribution in [2.75, 3.05) is 0 Å². The van der Waals surface area contributed by atoms with Gasteiger partial charge in [0.2, 0.25) is 10.0 Å². The zero-order chi connectivity index (χ0) is 19.2. The smallest absolute Gasteiger partial charge is 0.237 e. The molecule has 0 fully saturated rings. The van der Waals surface area contributed by atoms with E-state index in [2.05, 4.69) is 15.0 Å². The van der Waals surface area contributed by atoms with Gasteiger partial charge in [-0.15, -0.1) is 0 Å². The fourth-order valence-corrected chi connectivity index (χ4v) is 5.10. The van der Waals surface area contributed by atoms with Crippen molar-refractivity contribution in [2.24, 2.45) is 0 Å². The molecule has 0 saturated heterocycles. The minimum absolute atomic E-state index is 0.214. The first-order valence-electron chi connectivity index (χ1n) is 8.06. The molecule has 9 heteroatoms. The average Bonchev–Trinajstić information content (AvgIpc) is 3.02. The normalized spacial score (nSPS) is 20.0. The molecular weight excluding hydrogens is 391 g/mol. The van der Waals surface area contributed by atoms with Crippen LogP contribution in [0.5, 0.6) is 0 Å². The number of aromatic nitrogens is 4. The Balaban J connectivity index is 1.96. The van der Waals surface area contributed by atoms with Gasteiger partial charge in [-0.2, -0.15) is 0 Å². The van der Waals surface area contributed by atoms with Crippen molar-refractivity contribution in [1.82, 2.24) is 18.9 Å².